The fourth-order valence-electron chi connectivity index (χ4n) is 3.47. The van der Waals surface area contributed by atoms with E-state index in [4.69, 9.17) is 23.8 Å². The maximum Gasteiger partial charge on any atom is 0.174 e. The molecule has 2 aromatic heterocycles. The molecule has 158 valence electrons. The number of thiocarbonyl (C=S) groups is 1. The van der Waals surface area contributed by atoms with Crippen LogP contribution in [0.3, 0.4) is 0 Å². The van der Waals surface area contributed by atoms with Gasteiger partial charge in [0, 0.05) is 74.4 Å². The van der Waals surface area contributed by atoms with Crippen LogP contribution in [-0.2, 0) is 20.1 Å². The first kappa shape index (κ1) is 20.8. The van der Waals surface area contributed by atoms with Gasteiger partial charge in [-0.15, -0.1) is 0 Å². The van der Waals surface area contributed by atoms with Crippen molar-refractivity contribution >= 4 is 34.7 Å². The quantitative estimate of drug-likeness (QED) is 0.607. The molecule has 0 radical (unpaired) electrons. The summed E-state index contributed by atoms with van der Waals surface area (Å²) in [7, 11) is 1.93. The zero-order chi connectivity index (χ0) is 21.1. The lowest BCUT2D eigenvalue weighted by Crippen LogP contribution is -2.49. The van der Waals surface area contributed by atoms with Gasteiger partial charge in [-0.05, 0) is 24.4 Å². The van der Waals surface area contributed by atoms with Gasteiger partial charge in [-0.2, -0.15) is 10.2 Å². The van der Waals surface area contributed by atoms with E-state index in [1.807, 2.05) is 30.2 Å². The fourth-order valence-corrected chi connectivity index (χ4v) is 3.98. The van der Waals surface area contributed by atoms with Crippen molar-refractivity contribution in [3.8, 4) is 0 Å². The molecule has 1 saturated heterocycles. The number of anilines is 1. The molecule has 1 aromatic carbocycles. The van der Waals surface area contributed by atoms with Gasteiger partial charge in [-0.1, -0.05) is 17.7 Å². The van der Waals surface area contributed by atoms with Gasteiger partial charge in [0.25, 0.3) is 0 Å². The maximum atomic E-state index is 14.0. The molecule has 0 amide bonds. The molecule has 0 aliphatic carbocycles. The van der Waals surface area contributed by atoms with Crippen molar-refractivity contribution in [1.29, 1.82) is 0 Å². The van der Waals surface area contributed by atoms with Crippen LogP contribution in [0.25, 0.3) is 0 Å². The fraction of sp³-hybridized carbons (Fsp3) is 0.350. The van der Waals surface area contributed by atoms with Crippen LogP contribution < -0.4 is 5.32 Å². The molecule has 1 aliphatic heterocycles. The number of nitrogens with zero attached hydrogens (tertiary/aromatic N) is 6. The second-order valence-electron chi connectivity index (χ2n) is 7.31. The predicted octanol–water partition coefficient (Wildman–Crippen LogP) is 2.97. The van der Waals surface area contributed by atoms with E-state index >= 15 is 0 Å². The largest absolute Gasteiger partial charge is 0.346 e. The second-order valence-corrected chi connectivity index (χ2v) is 8.11. The molecule has 1 fully saturated rings. The Kier molecular flexibility index (Phi) is 6.31. The summed E-state index contributed by atoms with van der Waals surface area (Å²) >= 11 is 11.7. The standard InChI is InChI=1S/C20H23ClFN7S/c1-26-12-15(11-23-26)13-27-7-9-28(10-8-27)20(30)24-19-5-6-29(25-19)14-16-17(21)3-2-4-18(16)22/h2-6,11-12H,7-10,13-14H2,1H3,(H,24,25,30). The molecule has 0 saturated carbocycles. The number of hydrogen-bond acceptors (Lipinski definition) is 4. The number of halogens is 2. The topological polar surface area (TPSA) is 54.1 Å². The number of hydrogen-bond donors (Lipinski definition) is 1. The van der Waals surface area contributed by atoms with Gasteiger partial charge in [-0.25, -0.2) is 4.39 Å². The molecule has 0 atom stereocenters. The first-order chi connectivity index (χ1) is 14.5. The van der Waals surface area contributed by atoms with Crippen molar-refractivity contribution in [2.75, 3.05) is 31.5 Å². The third kappa shape index (κ3) is 4.97. The minimum Gasteiger partial charge on any atom is -0.346 e. The van der Waals surface area contributed by atoms with E-state index in [9.17, 15) is 4.39 Å². The molecule has 0 bridgehead atoms. The van der Waals surface area contributed by atoms with Crippen LogP contribution in [0.1, 0.15) is 11.1 Å². The SMILES string of the molecule is Cn1cc(CN2CCN(C(=S)Nc3ccn(Cc4c(F)cccc4Cl)n3)CC2)cn1. The molecule has 7 nitrogen and oxygen atoms in total. The van der Waals surface area contributed by atoms with E-state index in [-0.39, 0.29) is 12.4 Å². The normalized spacial score (nSPS) is 14.8. The Morgan fingerprint density at radius 2 is 2.00 bits per heavy atom. The van der Waals surface area contributed by atoms with Crippen LogP contribution in [0, 0.1) is 5.82 Å². The third-order valence-electron chi connectivity index (χ3n) is 5.08. The summed E-state index contributed by atoms with van der Waals surface area (Å²) in [6.07, 6.45) is 5.73. The van der Waals surface area contributed by atoms with E-state index in [1.165, 1.54) is 11.6 Å². The summed E-state index contributed by atoms with van der Waals surface area (Å²) in [4.78, 5) is 4.53. The summed E-state index contributed by atoms with van der Waals surface area (Å²) in [5.41, 5.74) is 1.63. The highest BCUT2D eigenvalue weighted by Crippen LogP contribution is 2.20. The predicted molar refractivity (Wildman–Crippen MR) is 119 cm³/mol. The number of nitrogens with one attached hydrogen (secondary N) is 1. The van der Waals surface area contributed by atoms with E-state index in [0.29, 0.717) is 21.5 Å². The molecule has 3 aromatic rings. The van der Waals surface area contributed by atoms with E-state index in [0.717, 1.165) is 32.7 Å². The van der Waals surface area contributed by atoms with Crippen molar-refractivity contribution in [2.45, 2.75) is 13.1 Å². The molecule has 1 N–H and O–H groups in total. The molecular weight excluding hydrogens is 425 g/mol. The molecule has 3 heterocycles. The highest BCUT2D eigenvalue weighted by molar-refractivity contribution is 7.80. The second kappa shape index (κ2) is 9.11. The smallest absolute Gasteiger partial charge is 0.174 e. The number of aromatic nitrogens is 4. The van der Waals surface area contributed by atoms with Gasteiger partial charge in [0.2, 0.25) is 0 Å². The van der Waals surface area contributed by atoms with Gasteiger partial charge < -0.3 is 10.2 Å². The first-order valence-electron chi connectivity index (χ1n) is 9.70. The van der Waals surface area contributed by atoms with Crippen molar-refractivity contribution in [1.82, 2.24) is 29.4 Å². The van der Waals surface area contributed by atoms with Crippen molar-refractivity contribution in [2.24, 2.45) is 7.05 Å². The lowest BCUT2D eigenvalue weighted by atomic mass is 10.2. The van der Waals surface area contributed by atoms with Crippen LogP contribution in [0.4, 0.5) is 10.2 Å². The lowest BCUT2D eigenvalue weighted by molar-refractivity contribution is 0.177. The van der Waals surface area contributed by atoms with Crippen molar-refractivity contribution < 1.29 is 4.39 Å². The summed E-state index contributed by atoms with van der Waals surface area (Å²) in [6.45, 7) is 4.70. The molecule has 0 unspecified atom stereocenters. The van der Waals surface area contributed by atoms with Crippen molar-refractivity contribution in [3.05, 3.63) is 64.8 Å². The average molecular weight is 448 g/mol. The van der Waals surface area contributed by atoms with Crippen LogP contribution in [0.2, 0.25) is 5.02 Å². The van der Waals surface area contributed by atoms with E-state index < -0.39 is 0 Å². The maximum absolute atomic E-state index is 14.0. The highest BCUT2D eigenvalue weighted by atomic mass is 35.5. The van der Waals surface area contributed by atoms with E-state index in [1.54, 1.807) is 23.0 Å². The zero-order valence-corrected chi connectivity index (χ0v) is 18.2. The highest BCUT2D eigenvalue weighted by Gasteiger charge is 2.20. The Morgan fingerprint density at radius 3 is 2.70 bits per heavy atom. The van der Waals surface area contributed by atoms with Gasteiger partial charge in [0.15, 0.2) is 10.9 Å². The van der Waals surface area contributed by atoms with Gasteiger partial charge >= 0.3 is 0 Å². The Bertz CT molecular complexity index is 1010. The average Bonchev–Trinajstić information content (AvgIpc) is 3.34. The summed E-state index contributed by atoms with van der Waals surface area (Å²) in [5, 5.41) is 12.9. The zero-order valence-electron chi connectivity index (χ0n) is 16.6. The third-order valence-corrected chi connectivity index (χ3v) is 5.80. The molecule has 10 heteroatoms. The first-order valence-corrected chi connectivity index (χ1v) is 10.5. The van der Waals surface area contributed by atoms with Gasteiger partial charge in [0.05, 0.1) is 12.7 Å². The van der Waals surface area contributed by atoms with Crippen molar-refractivity contribution in [3.63, 3.8) is 0 Å². The molecule has 1 aliphatic rings. The lowest BCUT2D eigenvalue weighted by Gasteiger charge is -2.35. The molecular formula is C20H23ClFN7S. The number of benzene rings is 1. The Labute approximate surface area is 185 Å². The van der Waals surface area contributed by atoms with Crippen LogP contribution in [-0.4, -0.2) is 60.7 Å². The summed E-state index contributed by atoms with van der Waals surface area (Å²) < 4.78 is 17.5. The van der Waals surface area contributed by atoms with Crippen LogP contribution >= 0.6 is 23.8 Å². The van der Waals surface area contributed by atoms with Gasteiger partial charge in [-0.3, -0.25) is 14.3 Å². The number of piperazine rings is 1. The van der Waals surface area contributed by atoms with Crippen LogP contribution in [0.15, 0.2) is 42.9 Å². The molecule has 4 rings (SSSR count). The Hall–Kier alpha value is -2.49. The molecule has 30 heavy (non-hydrogen) atoms. The minimum atomic E-state index is -0.341. The minimum absolute atomic E-state index is 0.257. The van der Waals surface area contributed by atoms with Gasteiger partial charge in [0.1, 0.15) is 5.82 Å². The summed E-state index contributed by atoms with van der Waals surface area (Å²) in [5.74, 6) is 0.289. The van der Waals surface area contributed by atoms with E-state index in [2.05, 4.69) is 25.3 Å². The summed E-state index contributed by atoms with van der Waals surface area (Å²) in [6, 6.07) is 6.48. The molecule has 0 spiro atoms. The van der Waals surface area contributed by atoms with Crippen LogP contribution in [0.5, 0.6) is 0 Å². The Balaban J connectivity index is 1.28. The number of aryl methyl sites for hydroxylation is 1. The Morgan fingerprint density at radius 1 is 1.20 bits per heavy atom. The monoisotopic (exact) mass is 447 g/mol. The number of rotatable bonds is 5.